The van der Waals surface area contributed by atoms with Crippen LogP contribution in [0.4, 0.5) is 0 Å². The van der Waals surface area contributed by atoms with Gasteiger partial charge in [-0.15, -0.1) is 0 Å². The minimum Gasteiger partial charge on any atom is -0.352 e. The minimum absolute atomic E-state index is 0.00699. The van der Waals surface area contributed by atoms with Crippen LogP contribution in [0, 0.1) is 5.92 Å². The highest BCUT2D eigenvalue weighted by atomic mass is 16.6. The van der Waals surface area contributed by atoms with E-state index in [0.29, 0.717) is 12.5 Å². The van der Waals surface area contributed by atoms with Gasteiger partial charge < -0.3 is 10.2 Å². The van der Waals surface area contributed by atoms with Crippen LogP contribution < -0.4 is 10.8 Å². The van der Waals surface area contributed by atoms with E-state index in [1.165, 1.54) is 0 Å². The Bertz CT molecular complexity index is 168. The maximum atomic E-state index is 11.4. The van der Waals surface area contributed by atoms with E-state index in [2.05, 4.69) is 38.5 Å². The Morgan fingerprint density at radius 1 is 1.27 bits per heavy atom. The van der Waals surface area contributed by atoms with Crippen LogP contribution in [0.1, 0.15) is 40.5 Å². The van der Waals surface area contributed by atoms with E-state index in [4.69, 9.17) is 4.84 Å². The van der Waals surface area contributed by atoms with Crippen LogP contribution in [0.2, 0.25) is 0 Å². The molecule has 0 aliphatic rings. The van der Waals surface area contributed by atoms with Gasteiger partial charge in [-0.05, 0) is 18.8 Å². The molecule has 0 bridgehead atoms. The molecular weight excluding hydrogens is 192 g/mol. The number of hydrogen-bond acceptors (Lipinski definition) is 3. The van der Waals surface area contributed by atoms with Crippen LogP contribution in [-0.4, -0.2) is 25.1 Å². The van der Waals surface area contributed by atoms with E-state index >= 15 is 0 Å². The van der Waals surface area contributed by atoms with Crippen molar-refractivity contribution in [1.82, 2.24) is 10.8 Å². The second-order valence-corrected chi connectivity index (χ2v) is 4.11. The van der Waals surface area contributed by atoms with E-state index in [0.717, 1.165) is 12.8 Å². The summed E-state index contributed by atoms with van der Waals surface area (Å²) < 4.78 is 0. The number of carbonyl (C=O) groups is 1. The van der Waals surface area contributed by atoms with Crippen LogP contribution in [0.25, 0.3) is 0 Å². The summed E-state index contributed by atoms with van der Waals surface area (Å²) in [6.07, 6.45) is 1.93. The number of amides is 1. The van der Waals surface area contributed by atoms with Gasteiger partial charge in [-0.1, -0.05) is 27.7 Å². The molecule has 4 heteroatoms. The van der Waals surface area contributed by atoms with Gasteiger partial charge in [-0.25, -0.2) is 0 Å². The summed E-state index contributed by atoms with van der Waals surface area (Å²) in [5, 5.41) is 2.92. The highest BCUT2D eigenvalue weighted by Gasteiger charge is 2.07. The Labute approximate surface area is 92.7 Å². The molecule has 2 N–H and O–H groups in total. The third-order valence-electron chi connectivity index (χ3n) is 2.10. The van der Waals surface area contributed by atoms with Crippen LogP contribution in [0.3, 0.4) is 0 Å². The molecule has 4 nitrogen and oxygen atoms in total. The topological polar surface area (TPSA) is 50.4 Å². The van der Waals surface area contributed by atoms with Crippen LogP contribution in [0.15, 0.2) is 0 Å². The first kappa shape index (κ1) is 14.4. The molecule has 0 fully saturated rings. The lowest BCUT2D eigenvalue weighted by Crippen LogP contribution is -2.40. The van der Waals surface area contributed by atoms with Crippen LogP contribution >= 0.6 is 0 Å². The van der Waals surface area contributed by atoms with Crippen molar-refractivity contribution in [2.75, 3.05) is 13.2 Å². The molecule has 0 rings (SSSR count). The van der Waals surface area contributed by atoms with Crippen molar-refractivity contribution in [3.8, 4) is 0 Å². The summed E-state index contributed by atoms with van der Waals surface area (Å²) in [4.78, 5) is 16.5. The smallest absolute Gasteiger partial charge is 0.236 e. The van der Waals surface area contributed by atoms with Gasteiger partial charge in [0.1, 0.15) is 0 Å². The van der Waals surface area contributed by atoms with Crippen molar-refractivity contribution in [2.45, 2.75) is 46.6 Å². The predicted molar refractivity (Wildman–Crippen MR) is 61.3 cm³/mol. The molecule has 0 saturated carbocycles. The first-order valence-corrected chi connectivity index (χ1v) is 5.74. The van der Waals surface area contributed by atoms with Crippen molar-refractivity contribution in [1.29, 1.82) is 0 Å². The van der Waals surface area contributed by atoms with Gasteiger partial charge in [0.2, 0.25) is 5.91 Å². The molecular formula is C11H24N2O2. The van der Waals surface area contributed by atoms with E-state index in [1.807, 2.05) is 0 Å². The zero-order valence-corrected chi connectivity index (χ0v) is 10.3. The lowest BCUT2D eigenvalue weighted by Gasteiger charge is -2.15. The molecule has 0 aliphatic heterocycles. The van der Waals surface area contributed by atoms with E-state index < -0.39 is 0 Å². The maximum Gasteiger partial charge on any atom is 0.236 e. The molecule has 0 radical (unpaired) electrons. The Balaban J connectivity index is 3.48. The van der Waals surface area contributed by atoms with Crippen LogP contribution in [0.5, 0.6) is 0 Å². The summed E-state index contributed by atoms with van der Waals surface area (Å²) in [6.45, 7) is 9.10. The van der Waals surface area contributed by atoms with Crippen molar-refractivity contribution in [2.24, 2.45) is 5.92 Å². The van der Waals surface area contributed by atoms with Gasteiger partial charge >= 0.3 is 0 Å². The Hall–Kier alpha value is -0.610. The fraction of sp³-hybridized carbons (Fsp3) is 0.909. The molecule has 0 heterocycles. The van der Waals surface area contributed by atoms with Gasteiger partial charge in [-0.2, -0.15) is 5.48 Å². The molecule has 0 unspecified atom stereocenters. The van der Waals surface area contributed by atoms with Gasteiger partial charge in [0.05, 0.1) is 13.2 Å². The summed E-state index contributed by atoms with van der Waals surface area (Å²) in [6, 6.07) is 0.282. The SMILES string of the molecule is CCC(CC)NC(=O)CNOCC(C)C. The van der Waals surface area contributed by atoms with Crippen LogP contribution in [-0.2, 0) is 9.63 Å². The van der Waals surface area contributed by atoms with Gasteiger partial charge in [0.15, 0.2) is 0 Å². The zero-order chi connectivity index (χ0) is 11.7. The largest absolute Gasteiger partial charge is 0.352 e. The number of rotatable bonds is 8. The zero-order valence-electron chi connectivity index (χ0n) is 10.3. The fourth-order valence-electron chi connectivity index (χ4n) is 1.11. The van der Waals surface area contributed by atoms with Crippen molar-refractivity contribution >= 4 is 5.91 Å². The number of carbonyl (C=O) groups excluding carboxylic acids is 1. The summed E-state index contributed by atoms with van der Waals surface area (Å²) in [5.74, 6) is 0.465. The normalized spacial score (nSPS) is 11.1. The van der Waals surface area contributed by atoms with Crippen molar-refractivity contribution in [3.05, 3.63) is 0 Å². The number of nitrogens with one attached hydrogen (secondary N) is 2. The number of hydrogen-bond donors (Lipinski definition) is 2. The standard InChI is InChI=1S/C11H24N2O2/c1-5-10(6-2)13-11(14)7-12-15-8-9(3)4/h9-10,12H,5-8H2,1-4H3,(H,13,14). The highest BCUT2D eigenvalue weighted by molar-refractivity contribution is 5.78. The average Bonchev–Trinajstić information content (AvgIpc) is 2.20. The molecule has 0 aliphatic carbocycles. The minimum atomic E-state index is -0.00699. The first-order valence-electron chi connectivity index (χ1n) is 5.74. The Kier molecular flexibility index (Phi) is 8.33. The molecule has 0 saturated heterocycles. The fourth-order valence-corrected chi connectivity index (χ4v) is 1.11. The van der Waals surface area contributed by atoms with Gasteiger partial charge in [-0.3, -0.25) is 4.79 Å². The second kappa shape index (κ2) is 8.68. The van der Waals surface area contributed by atoms with E-state index in [1.54, 1.807) is 0 Å². The third-order valence-corrected chi connectivity index (χ3v) is 2.10. The molecule has 0 aromatic carbocycles. The van der Waals surface area contributed by atoms with Gasteiger partial charge in [0, 0.05) is 6.04 Å². The number of hydroxylamine groups is 1. The highest BCUT2D eigenvalue weighted by Crippen LogP contribution is 1.95. The Morgan fingerprint density at radius 2 is 1.87 bits per heavy atom. The second-order valence-electron chi connectivity index (χ2n) is 4.11. The monoisotopic (exact) mass is 216 g/mol. The quantitative estimate of drug-likeness (QED) is 0.477. The summed E-state index contributed by atoms with van der Waals surface area (Å²) in [5.41, 5.74) is 2.66. The maximum absolute atomic E-state index is 11.4. The van der Waals surface area contributed by atoms with E-state index in [9.17, 15) is 4.79 Å². The average molecular weight is 216 g/mol. The van der Waals surface area contributed by atoms with E-state index in [-0.39, 0.29) is 18.5 Å². The lowest BCUT2D eigenvalue weighted by molar-refractivity contribution is -0.123. The third kappa shape index (κ3) is 8.39. The molecule has 0 aromatic rings. The summed E-state index contributed by atoms with van der Waals surface area (Å²) in [7, 11) is 0. The molecule has 90 valence electrons. The molecule has 0 atom stereocenters. The van der Waals surface area contributed by atoms with Crippen molar-refractivity contribution in [3.63, 3.8) is 0 Å². The first-order chi connectivity index (χ1) is 7.10. The van der Waals surface area contributed by atoms with Gasteiger partial charge in [0.25, 0.3) is 0 Å². The Morgan fingerprint density at radius 3 is 2.33 bits per heavy atom. The molecule has 1 amide bonds. The molecule has 15 heavy (non-hydrogen) atoms. The predicted octanol–water partition coefficient (Wildman–Crippen LogP) is 1.47. The molecule has 0 aromatic heterocycles. The van der Waals surface area contributed by atoms with Crippen molar-refractivity contribution < 1.29 is 9.63 Å². The summed E-state index contributed by atoms with van der Waals surface area (Å²) >= 11 is 0. The molecule has 0 spiro atoms. The lowest BCUT2D eigenvalue weighted by atomic mass is 10.2.